The monoisotopic (exact) mass is 1010 g/mol. The molecule has 5 aromatic carbocycles. The van der Waals surface area contributed by atoms with Crippen LogP contribution in [0.25, 0.3) is 44.5 Å². The van der Waals surface area contributed by atoms with E-state index in [9.17, 15) is 22.6 Å². The normalized spacial score (nSPS) is 19.0. The molecule has 15 heteroatoms. The zero-order valence-corrected chi connectivity index (χ0v) is 42.5. The molecule has 4 unspecified atom stereocenters. The Hall–Kier alpha value is -4.87. The number of ether oxygens (including phenoxy) is 1. The van der Waals surface area contributed by atoms with Crippen molar-refractivity contribution in [3.8, 4) is 50.3 Å². The van der Waals surface area contributed by atoms with E-state index in [0.29, 0.717) is 43.4 Å². The summed E-state index contributed by atoms with van der Waals surface area (Å²) in [6.07, 6.45) is 9.14. The highest BCUT2D eigenvalue weighted by Crippen LogP contribution is 2.55. The Labute approximate surface area is 421 Å². The van der Waals surface area contributed by atoms with Gasteiger partial charge in [0.25, 0.3) is 10.1 Å². The van der Waals surface area contributed by atoms with E-state index in [1.54, 1.807) is 0 Å². The van der Waals surface area contributed by atoms with Crippen molar-refractivity contribution in [3.63, 3.8) is 0 Å². The molecule has 1 aliphatic carbocycles. The summed E-state index contributed by atoms with van der Waals surface area (Å²) in [7, 11) is -4.08. The van der Waals surface area contributed by atoms with E-state index in [0.717, 1.165) is 120 Å². The van der Waals surface area contributed by atoms with Crippen LogP contribution < -0.4 is 20.7 Å². The molecule has 70 heavy (non-hydrogen) atoms. The molecule has 8 rings (SSSR count). The molecule has 2 fully saturated rings. The number of carbonyl (C=O) groups is 2. The van der Waals surface area contributed by atoms with Crippen molar-refractivity contribution in [2.45, 2.75) is 114 Å². The minimum absolute atomic E-state index is 0.0653. The summed E-state index contributed by atoms with van der Waals surface area (Å²) in [6.45, 7) is 5.32. The van der Waals surface area contributed by atoms with Crippen molar-refractivity contribution < 1.29 is 41.9 Å². The topological polar surface area (TPSA) is 173 Å². The lowest BCUT2D eigenvalue weighted by molar-refractivity contribution is -0.432. The number of amides is 3. The van der Waals surface area contributed by atoms with Crippen LogP contribution in [0.2, 0.25) is 0 Å². The van der Waals surface area contributed by atoms with Gasteiger partial charge < -0.3 is 20.7 Å². The Morgan fingerprint density at radius 1 is 0.743 bits per heavy atom. The first-order valence-corrected chi connectivity index (χ1v) is 28.2. The van der Waals surface area contributed by atoms with Crippen molar-refractivity contribution in [1.82, 2.24) is 16.0 Å². The quantitative estimate of drug-likeness (QED) is 0.00891. The van der Waals surface area contributed by atoms with E-state index in [4.69, 9.17) is 9.99 Å². The van der Waals surface area contributed by atoms with Crippen molar-refractivity contribution in [2.75, 3.05) is 30.4 Å². The van der Waals surface area contributed by atoms with Gasteiger partial charge in [-0.05, 0) is 145 Å². The molecule has 0 spiro atoms. The number of urea groups is 1. The Morgan fingerprint density at radius 3 is 2.10 bits per heavy atom. The van der Waals surface area contributed by atoms with Crippen molar-refractivity contribution in [2.24, 2.45) is 0 Å². The molecule has 2 heterocycles. The molecule has 372 valence electrons. The van der Waals surface area contributed by atoms with Gasteiger partial charge in [0.05, 0.1) is 24.4 Å². The number of hydrogen-bond acceptors (Lipinski definition) is 10. The van der Waals surface area contributed by atoms with Crippen molar-refractivity contribution in [3.05, 3.63) is 125 Å². The number of nitrogens with one attached hydrogen (secondary N) is 3. The molecule has 3 amide bonds. The zero-order valence-electron chi connectivity index (χ0n) is 40.0. The predicted molar refractivity (Wildman–Crippen MR) is 282 cm³/mol. The minimum Gasteiger partial charge on any atom is -0.494 e. The van der Waals surface area contributed by atoms with Gasteiger partial charge in [-0.25, -0.2) is 10.1 Å². The fourth-order valence-corrected chi connectivity index (χ4v) is 13.0. The van der Waals surface area contributed by atoms with Crippen LogP contribution >= 0.6 is 23.8 Å². The third kappa shape index (κ3) is 13.2. The summed E-state index contributed by atoms with van der Waals surface area (Å²) in [6, 6.07) is 37.3. The fourth-order valence-electron chi connectivity index (χ4n) is 10.4. The Morgan fingerprint density at radius 2 is 1.39 bits per heavy atom. The zero-order chi connectivity index (χ0) is 49.1. The van der Waals surface area contributed by atoms with Crippen LogP contribution in [0.3, 0.4) is 0 Å². The largest absolute Gasteiger partial charge is 0.494 e. The molecule has 3 aliphatic rings. The van der Waals surface area contributed by atoms with E-state index >= 15 is 0 Å². The van der Waals surface area contributed by atoms with Crippen LogP contribution in [-0.4, -0.2) is 77.9 Å². The number of rotatable bonds is 26. The number of thioether (sulfide) groups is 1. The number of unbranched alkanes of at least 4 members (excludes halogenated alkanes) is 4. The van der Waals surface area contributed by atoms with Crippen molar-refractivity contribution in [1.29, 1.82) is 0 Å². The first-order valence-electron chi connectivity index (χ1n) is 24.6. The average Bonchev–Trinajstić information content (AvgIpc) is 3.99. The molecule has 12 nitrogen and oxygen atoms in total. The molecular formula is C55H65N3O9S3. The lowest BCUT2D eigenvalue weighted by atomic mass is 9.70. The van der Waals surface area contributed by atoms with E-state index in [-0.39, 0.29) is 35.2 Å². The van der Waals surface area contributed by atoms with E-state index < -0.39 is 10.1 Å². The highest BCUT2D eigenvalue weighted by Gasteiger charge is 2.43. The summed E-state index contributed by atoms with van der Waals surface area (Å²) < 4.78 is 44.1. The summed E-state index contributed by atoms with van der Waals surface area (Å²) in [5, 5.41) is 21.9. The third-order valence-corrected chi connectivity index (χ3v) is 16.9. The molecule has 2 saturated heterocycles. The first-order chi connectivity index (χ1) is 33.9. The van der Waals surface area contributed by atoms with Crippen LogP contribution in [-0.2, 0) is 29.7 Å². The van der Waals surface area contributed by atoms with Gasteiger partial charge in [0.1, 0.15) is 5.75 Å². The van der Waals surface area contributed by atoms with Gasteiger partial charge in [-0.3, -0.25) is 9.35 Å². The van der Waals surface area contributed by atoms with Gasteiger partial charge in [-0.15, -0.1) is 4.33 Å². The molecule has 2 aliphatic heterocycles. The maximum absolute atomic E-state index is 12.6. The second-order valence-corrected chi connectivity index (χ2v) is 22.6. The standard InChI is InChI=1S/C55H65N3O9S3/c1-37-13-16-40(17-14-37)43-32-44(34-45(33-43)65-28-8-7-27-56-52(59)12-4-3-11-51-53-50(36-68-51)57-54(60)58-53)41-20-18-39(19-21-41)42-22-24-47-46-23-15-38(2)31-48(46)55(49(47)35-42,25-5-9-29-69-67-66-61)26-6-10-30-70(62,63)64/h13-24,31-35,50-51,53,61H,3-12,25-30,36H2,1-2H3,(H,56,59)(H2,57,58,60)(H,62,63,64). The Bertz CT molecular complexity index is 2700. The maximum atomic E-state index is 12.6. The average molecular weight is 1010 g/mol. The van der Waals surface area contributed by atoms with Crippen LogP contribution in [0.1, 0.15) is 99.3 Å². The molecule has 0 bridgehead atoms. The number of benzene rings is 5. The van der Waals surface area contributed by atoms with E-state index in [2.05, 4.69) is 142 Å². The molecule has 4 atom stereocenters. The molecule has 0 saturated carbocycles. The third-order valence-electron chi connectivity index (χ3n) is 14.0. The van der Waals surface area contributed by atoms with Crippen LogP contribution in [0.15, 0.2) is 103 Å². The molecule has 0 aromatic heterocycles. The SMILES string of the molecule is Cc1ccc(-c2cc(OCCCCNC(=O)CCCCC3SCC4NC(=O)NC43)cc(-c3ccc(-c4ccc5c(c4)C(CCCCSOOO)(CCCCS(=O)(=O)O)c4cc(C)ccc4-5)cc3)c2)cc1. The number of carbonyl (C=O) groups excluding carboxylic acids is 2. The minimum atomic E-state index is -4.08. The molecule has 5 N–H and O–H groups in total. The molecule has 0 radical (unpaired) electrons. The number of fused-ring (bicyclic) bond motifs is 4. The van der Waals surface area contributed by atoms with Gasteiger partial charge in [-0.2, -0.15) is 20.2 Å². The summed E-state index contributed by atoms with van der Waals surface area (Å²) in [5.74, 6) is 2.17. The van der Waals surface area contributed by atoms with Gasteiger partial charge >= 0.3 is 6.03 Å². The van der Waals surface area contributed by atoms with Crippen LogP contribution in [0.5, 0.6) is 5.75 Å². The summed E-state index contributed by atoms with van der Waals surface area (Å²) in [4.78, 5) is 24.3. The van der Waals surface area contributed by atoms with E-state index in [1.807, 2.05) is 11.8 Å². The lowest BCUT2D eigenvalue weighted by Gasteiger charge is -2.33. The van der Waals surface area contributed by atoms with Gasteiger partial charge in [0.15, 0.2) is 0 Å². The smallest absolute Gasteiger partial charge is 0.315 e. The van der Waals surface area contributed by atoms with E-state index in [1.165, 1.54) is 27.8 Å². The Kier molecular flexibility index (Phi) is 17.7. The maximum Gasteiger partial charge on any atom is 0.315 e. The first kappa shape index (κ1) is 51.5. The predicted octanol–water partition coefficient (Wildman–Crippen LogP) is 11.9. The molecule has 5 aromatic rings. The highest BCUT2D eigenvalue weighted by atomic mass is 32.2. The number of hydrogen-bond donors (Lipinski definition) is 5. The molecular weight excluding hydrogens is 943 g/mol. The summed E-state index contributed by atoms with van der Waals surface area (Å²) in [5.41, 5.74) is 13.3. The fraction of sp³-hybridized carbons (Fsp3) is 0.418. The highest BCUT2D eigenvalue weighted by molar-refractivity contribution is 8.00. The number of aryl methyl sites for hydroxylation is 2. The van der Waals surface area contributed by atoms with Crippen molar-refractivity contribution >= 4 is 45.9 Å². The Balaban J connectivity index is 0.934. The van der Waals surface area contributed by atoms with Crippen LogP contribution in [0, 0.1) is 13.8 Å². The summed E-state index contributed by atoms with van der Waals surface area (Å²) >= 11 is 2.96. The second kappa shape index (κ2) is 24.0. The van der Waals surface area contributed by atoms with Gasteiger partial charge in [-0.1, -0.05) is 114 Å². The van der Waals surface area contributed by atoms with Crippen LogP contribution in [0.4, 0.5) is 4.79 Å². The lowest BCUT2D eigenvalue weighted by Crippen LogP contribution is -2.36. The second-order valence-electron chi connectivity index (χ2n) is 19.0. The van der Waals surface area contributed by atoms with Gasteiger partial charge in [0.2, 0.25) is 5.91 Å². The van der Waals surface area contributed by atoms with Gasteiger partial charge in [0, 0.05) is 47.2 Å².